The van der Waals surface area contributed by atoms with Crippen molar-refractivity contribution in [2.45, 2.75) is 19.4 Å². The minimum atomic E-state index is -0.103. The van der Waals surface area contributed by atoms with E-state index in [-0.39, 0.29) is 11.9 Å². The first-order chi connectivity index (χ1) is 6.20. The summed E-state index contributed by atoms with van der Waals surface area (Å²) in [5.41, 5.74) is 0. The third-order valence-electron chi connectivity index (χ3n) is 2.19. The predicted molar refractivity (Wildman–Crippen MR) is 55.5 cm³/mol. The van der Waals surface area contributed by atoms with Gasteiger partial charge in [-0.05, 0) is 18.6 Å². The van der Waals surface area contributed by atoms with Gasteiger partial charge in [-0.2, -0.15) is 0 Å². The highest BCUT2D eigenvalue weighted by Gasteiger charge is 2.28. The van der Waals surface area contributed by atoms with Gasteiger partial charge in [0, 0.05) is 20.1 Å². The average molecular weight is 201 g/mol. The van der Waals surface area contributed by atoms with Gasteiger partial charge in [-0.25, -0.2) is 0 Å². The lowest BCUT2D eigenvalue weighted by molar-refractivity contribution is -0.127. The molecular weight excluding hydrogens is 186 g/mol. The Morgan fingerprint density at radius 2 is 2.54 bits per heavy atom. The number of amides is 1. The topological polar surface area (TPSA) is 44.4 Å². The van der Waals surface area contributed by atoms with Crippen LogP contribution in [0.4, 0.5) is 0 Å². The summed E-state index contributed by atoms with van der Waals surface area (Å²) in [6.45, 7) is 3.46. The Morgan fingerprint density at radius 1 is 1.85 bits per heavy atom. The zero-order chi connectivity index (χ0) is 9.84. The van der Waals surface area contributed by atoms with E-state index >= 15 is 0 Å². The molecule has 1 aliphatic rings. The summed E-state index contributed by atoms with van der Waals surface area (Å²) in [6, 6.07) is -0.103. The Kier molecular flexibility index (Phi) is 3.48. The van der Waals surface area contributed by atoms with Crippen molar-refractivity contribution >= 4 is 23.2 Å². The van der Waals surface area contributed by atoms with Crippen LogP contribution in [0.5, 0.6) is 0 Å². The van der Waals surface area contributed by atoms with Crippen LogP contribution in [-0.2, 0) is 4.79 Å². The van der Waals surface area contributed by atoms with E-state index in [2.05, 4.69) is 10.6 Å². The molecule has 1 rings (SSSR count). The van der Waals surface area contributed by atoms with Crippen molar-refractivity contribution in [2.24, 2.45) is 0 Å². The highest BCUT2D eigenvalue weighted by Crippen LogP contribution is 2.08. The number of rotatable bonds is 1. The van der Waals surface area contributed by atoms with Crippen LogP contribution in [0.2, 0.25) is 0 Å². The van der Waals surface area contributed by atoms with Gasteiger partial charge in [0.05, 0.1) is 0 Å². The van der Waals surface area contributed by atoms with Gasteiger partial charge in [0.2, 0.25) is 5.91 Å². The van der Waals surface area contributed by atoms with Gasteiger partial charge in [-0.3, -0.25) is 4.79 Å². The molecular formula is C8H15N3OS. The predicted octanol–water partition coefficient (Wildman–Crippen LogP) is -0.299. The van der Waals surface area contributed by atoms with Crippen molar-refractivity contribution in [3.63, 3.8) is 0 Å². The molecule has 1 heterocycles. The first-order valence-electron chi connectivity index (χ1n) is 4.46. The molecule has 5 heteroatoms. The highest BCUT2D eigenvalue weighted by molar-refractivity contribution is 7.80. The Balaban J connectivity index is 2.70. The molecule has 0 saturated carbocycles. The number of carbonyl (C=O) groups excluding carboxylic acids is 1. The molecule has 0 radical (unpaired) electrons. The maximum absolute atomic E-state index is 11.4. The van der Waals surface area contributed by atoms with Crippen molar-refractivity contribution in [1.29, 1.82) is 0 Å². The summed E-state index contributed by atoms with van der Waals surface area (Å²) < 4.78 is 0. The maximum atomic E-state index is 11.4. The van der Waals surface area contributed by atoms with E-state index in [1.165, 1.54) is 0 Å². The largest absolute Gasteiger partial charge is 0.366 e. The van der Waals surface area contributed by atoms with Crippen molar-refractivity contribution in [3.8, 4) is 0 Å². The SMILES string of the molecule is CCC1C(=O)NCCN1C(=S)NC. The number of hydrogen-bond acceptors (Lipinski definition) is 2. The molecule has 4 nitrogen and oxygen atoms in total. The minimum Gasteiger partial charge on any atom is -0.366 e. The van der Waals surface area contributed by atoms with Gasteiger partial charge in [0.1, 0.15) is 6.04 Å². The van der Waals surface area contributed by atoms with Gasteiger partial charge in [0.25, 0.3) is 0 Å². The molecule has 2 N–H and O–H groups in total. The molecule has 0 aliphatic carbocycles. The summed E-state index contributed by atoms with van der Waals surface area (Å²) in [5, 5.41) is 6.38. The number of nitrogens with zero attached hydrogens (tertiary/aromatic N) is 1. The third kappa shape index (κ3) is 2.09. The zero-order valence-electron chi connectivity index (χ0n) is 7.96. The van der Waals surface area contributed by atoms with E-state index in [4.69, 9.17) is 12.2 Å². The molecule has 74 valence electrons. The van der Waals surface area contributed by atoms with Crippen molar-refractivity contribution in [1.82, 2.24) is 15.5 Å². The fraction of sp³-hybridized carbons (Fsp3) is 0.750. The Morgan fingerprint density at radius 3 is 3.08 bits per heavy atom. The van der Waals surface area contributed by atoms with Gasteiger partial charge >= 0.3 is 0 Å². The summed E-state index contributed by atoms with van der Waals surface area (Å²) in [7, 11) is 1.78. The van der Waals surface area contributed by atoms with Crippen LogP contribution in [0.3, 0.4) is 0 Å². The summed E-state index contributed by atoms with van der Waals surface area (Å²) in [5.74, 6) is 0.0753. The van der Waals surface area contributed by atoms with Crippen LogP contribution < -0.4 is 10.6 Å². The molecule has 1 aliphatic heterocycles. The molecule has 0 bridgehead atoms. The van der Waals surface area contributed by atoms with Crippen LogP contribution in [0, 0.1) is 0 Å². The molecule has 0 aromatic rings. The molecule has 1 amide bonds. The molecule has 1 fully saturated rings. The summed E-state index contributed by atoms with van der Waals surface area (Å²) in [6.07, 6.45) is 0.785. The molecule has 1 unspecified atom stereocenters. The van der Waals surface area contributed by atoms with Gasteiger partial charge in [-0.1, -0.05) is 6.92 Å². The van der Waals surface area contributed by atoms with Crippen molar-refractivity contribution in [3.05, 3.63) is 0 Å². The third-order valence-corrected chi connectivity index (χ3v) is 2.63. The first kappa shape index (κ1) is 10.2. The standard InChI is InChI=1S/C8H15N3OS/c1-3-6-7(12)10-4-5-11(6)8(13)9-2/h6H,3-5H2,1-2H3,(H,9,13)(H,10,12). The van der Waals surface area contributed by atoms with Gasteiger partial charge in [0.15, 0.2) is 5.11 Å². The van der Waals surface area contributed by atoms with Crippen molar-refractivity contribution in [2.75, 3.05) is 20.1 Å². The lowest BCUT2D eigenvalue weighted by Crippen LogP contribution is -2.58. The second-order valence-corrected chi connectivity index (χ2v) is 3.35. The Labute approximate surface area is 83.7 Å². The highest BCUT2D eigenvalue weighted by atomic mass is 32.1. The number of hydrogen-bond donors (Lipinski definition) is 2. The summed E-state index contributed by atoms with van der Waals surface area (Å²) in [4.78, 5) is 13.4. The molecule has 0 aromatic heterocycles. The van der Waals surface area contributed by atoms with E-state index < -0.39 is 0 Å². The normalized spacial score (nSPS) is 22.5. The van der Waals surface area contributed by atoms with E-state index in [1.54, 1.807) is 7.05 Å². The minimum absolute atomic E-state index is 0.0753. The molecule has 0 aromatic carbocycles. The monoisotopic (exact) mass is 201 g/mol. The number of carbonyl (C=O) groups is 1. The first-order valence-corrected chi connectivity index (χ1v) is 4.87. The van der Waals surface area contributed by atoms with Gasteiger partial charge < -0.3 is 15.5 Å². The van der Waals surface area contributed by atoms with E-state index in [0.29, 0.717) is 11.7 Å². The Hall–Kier alpha value is -0.840. The van der Waals surface area contributed by atoms with Gasteiger partial charge in [-0.15, -0.1) is 0 Å². The van der Waals surface area contributed by atoms with Crippen LogP contribution in [0.15, 0.2) is 0 Å². The summed E-state index contributed by atoms with van der Waals surface area (Å²) >= 11 is 5.11. The fourth-order valence-corrected chi connectivity index (χ4v) is 1.73. The molecule has 13 heavy (non-hydrogen) atoms. The fourth-order valence-electron chi connectivity index (χ4n) is 1.51. The number of nitrogens with one attached hydrogen (secondary N) is 2. The Bertz CT molecular complexity index is 219. The van der Waals surface area contributed by atoms with Crippen LogP contribution in [-0.4, -0.2) is 42.1 Å². The van der Waals surface area contributed by atoms with Crippen LogP contribution >= 0.6 is 12.2 Å². The molecule has 0 spiro atoms. The van der Waals surface area contributed by atoms with E-state index in [1.807, 2.05) is 11.8 Å². The number of thiocarbonyl (C=S) groups is 1. The van der Waals surface area contributed by atoms with Crippen LogP contribution in [0.1, 0.15) is 13.3 Å². The van der Waals surface area contributed by atoms with Crippen molar-refractivity contribution < 1.29 is 4.79 Å². The van der Waals surface area contributed by atoms with E-state index in [0.717, 1.165) is 13.0 Å². The zero-order valence-corrected chi connectivity index (χ0v) is 8.78. The second-order valence-electron chi connectivity index (χ2n) is 2.96. The van der Waals surface area contributed by atoms with E-state index in [9.17, 15) is 4.79 Å². The lowest BCUT2D eigenvalue weighted by atomic mass is 10.1. The molecule has 1 saturated heterocycles. The smallest absolute Gasteiger partial charge is 0.242 e. The maximum Gasteiger partial charge on any atom is 0.242 e. The average Bonchev–Trinajstić information content (AvgIpc) is 2.16. The quantitative estimate of drug-likeness (QED) is 0.572. The second kappa shape index (κ2) is 4.41. The van der Waals surface area contributed by atoms with Crippen LogP contribution in [0.25, 0.3) is 0 Å². The number of piperazine rings is 1. The lowest BCUT2D eigenvalue weighted by Gasteiger charge is -2.35. The molecule has 1 atom stereocenters.